The van der Waals surface area contributed by atoms with E-state index in [4.69, 9.17) is 21.1 Å². The van der Waals surface area contributed by atoms with Crippen LogP contribution in [0.3, 0.4) is 0 Å². The van der Waals surface area contributed by atoms with Crippen molar-refractivity contribution >= 4 is 29.9 Å². The zero-order valence-electron chi connectivity index (χ0n) is 15.2. The van der Waals surface area contributed by atoms with Crippen molar-refractivity contribution in [2.24, 2.45) is 0 Å². The number of ether oxygens (including phenoxy) is 2. The number of amides is 1. The van der Waals surface area contributed by atoms with Crippen LogP contribution in [0.1, 0.15) is 37.8 Å². The second-order valence-electron chi connectivity index (χ2n) is 6.74. The lowest BCUT2D eigenvalue weighted by Gasteiger charge is -2.38. The summed E-state index contributed by atoms with van der Waals surface area (Å²) in [4.78, 5) is 14.8. The molecule has 26 heavy (non-hydrogen) atoms. The van der Waals surface area contributed by atoms with E-state index in [9.17, 15) is 4.79 Å². The van der Waals surface area contributed by atoms with Crippen molar-refractivity contribution in [1.82, 2.24) is 10.2 Å². The minimum absolute atomic E-state index is 0. The number of carbonyl (C=O) groups excluding carboxylic acids is 1. The minimum Gasteiger partial charge on any atom is -0.376 e. The monoisotopic (exact) mass is 402 g/mol. The number of hydrogen-bond donors (Lipinski definition) is 1. The fraction of sp³-hybridized carbons (Fsp3) is 0.632. The molecule has 3 unspecified atom stereocenters. The van der Waals surface area contributed by atoms with Crippen molar-refractivity contribution in [3.8, 4) is 0 Å². The van der Waals surface area contributed by atoms with Gasteiger partial charge in [0, 0.05) is 31.3 Å². The van der Waals surface area contributed by atoms with Crippen molar-refractivity contribution in [2.75, 3.05) is 32.8 Å². The van der Waals surface area contributed by atoms with E-state index in [1.165, 1.54) is 6.42 Å². The normalized spacial score (nSPS) is 24.6. The average molecular weight is 403 g/mol. The first-order chi connectivity index (χ1) is 12.2. The molecule has 1 amide bonds. The molecule has 0 aliphatic carbocycles. The Morgan fingerprint density at radius 3 is 2.96 bits per heavy atom. The van der Waals surface area contributed by atoms with E-state index in [2.05, 4.69) is 5.32 Å². The Kier molecular flexibility index (Phi) is 8.64. The van der Waals surface area contributed by atoms with Crippen molar-refractivity contribution in [3.05, 3.63) is 34.9 Å². The molecule has 0 saturated carbocycles. The van der Waals surface area contributed by atoms with Gasteiger partial charge in [-0.1, -0.05) is 29.8 Å². The van der Waals surface area contributed by atoms with Gasteiger partial charge in [0.1, 0.15) is 6.10 Å². The van der Waals surface area contributed by atoms with Crippen molar-refractivity contribution in [1.29, 1.82) is 0 Å². The quantitative estimate of drug-likeness (QED) is 0.821. The molecular weight excluding hydrogens is 375 g/mol. The van der Waals surface area contributed by atoms with Gasteiger partial charge in [-0.05, 0) is 37.8 Å². The highest BCUT2D eigenvalue weighted by molar-refractivity contribution is 6.31. The molecule has 0 aromatic heterocycles. The summed E-state index contributed by atoms with van der Waals surface area (Å²) in [7, 11) is 0. The maximum atomic E-state index is 13.0. The molecule has 1 aromatic rings. The molecule has 146 valence electrons. The molecule has 0 radical (unpaired) electrons. The number of halogens is 2. The smallest absolute Gasteiger partial charge is 0.252 e. The van der Waals surface area contributed by atoms with Crippen LogP contribution in [0.25, 0.3) is 0 Å². The lowest BCUT2D eigenvalue weighted by molar-refractivity contribution is -0.149. The fourth-order valence-corrected chi connectivity index (χ4v) is 3.75. The molecule has 0 spiro atoms. The molecule has 2 aliphatic rings. The highest BCUT2D eigenvalue weighted by atomic mass is 35.5. The zero-order valence-corrected chi connectivity index (χ0v) is 16.7. The van der Waals surface area contributed by atoms with Gasteiger partial charge in [0.25, 0.3) is 5.91 Å². The molecule has 1 aromatic carbocycles. The van der Waals surface area contributed by atoms with Gasteiger partial charge in [-0.2, -0.15) is 0 Å². The maximum Gasteiger partial charge on any atom is 0.252 e. The van der Waals surface area contributed by atoms with Crippen LogP contribution in [0.5, 0.6) is 0 Å². The van der Waals surface area contributed by atoms with Gasteiger partial charge in [0.05, 0.1) is 18.8 Å². The lowest BCUT2D eigenvalue weighted by atomic mass is 10.0. The molecule has 2 aliphatic heterocycles. The van der Waals surface area contributed by atoms with E-state index in [1.54, 1.807) is 0 Å². The predicted molar refractivity (Wildman–Crippen MR) is 105 cm³/mol. The molecular formula is C19H28Cl2N2O3. The van der Waals surface area contributed by atoms with Crippen LogP contribution in [-0.4, -0.2) is 55.9 Å². The third kappa shape index (κ3) is 5.33. The van der Waals surface area contributed by atoms with E-state index in [1.807, 2.05) is 36.1 Å². The van der Waals surface area contributed by atoms with Crippen molar-refractivity contribution in [2.45, 2.75) is 44.4 Å². The van der Waals surface area contributed by atoms with Gasteiger partial charge >= 0.3 is 0 Å². The van der Waals surface area contributed by atoms with Gasteiger partial charge in [-0.3, -0.25) is 4.79 Å². The summed E-state index contributed by atoms with van der Waals surface area (Å²) in [5.41, 5.74) is 0.979. The first-order valence-corrected chi connectivity index (χ1v) is 9.53. The van der Waals surface area contributed by atoms with E-state index in [0.717, 1.165) is 31.6 Å². The second kappa shape index (κ2) is 10.5. The SMILES string of the molecule is CC(OCC1CCCCO1)C(=O)N1CCNCC1c1ccccc1Cl.Cl. The molecule has 7 heteroatoms. The standard InChI is InChI=1S/C19H27ClN2O3.ClH/c1-14(25-13-15-6-4-5-11-24-15)19(23)22-10-9-21-12-18(22)16-7-2-3-8-17(16)20;/h2-3,7-8,14-15,18,21H,4-6,9-13H2,1H3;1H. The first-order valence-electron chi connectivity index (χ1n) is 9.15. The van der Waals surface area contributed by atoms with Crippen LogP contribution in [0, 0.1) is 0 Å². The van der Waals surface area contributed by atoms with Crippen LogP contribution in [-0.2, 0) is 14.3 Å². The summed E-state index contributed by atoms with van der Waals surface area (Å²) in [6.07, 6.45) is 2.94. The Bertz CT molecular complexity index is 582. The van der Waals surface area contributed by atoms with Crippen LogP contribution in [0.15, 0.2) is 24.3 Å². The van der Waals surface area contributed by atoms with Gasteiger partial charge in [-0.25, -0.2) is 0 Å². The predicted octanol–water partition coefficient (Wildman–Crippen LogP) is 3.21. The highest BCUT2D eigenvalue weighted by Gasteiger charge is 2.32. The number of hydrogen-bond acceptors (Lipinski definition) is 4. The number of carbonyl (C=O) groups is 1. The average Bonchev–Trinajstić information content (AvgIpc) is 2.67. The van der Waals surface area contributed by atoms with Crippen LogP contribution in [0.4, 0.5) is 0 Å². The molecule has 2 heterocycles. The van der Waals surface area contributed by atoms with E-state index >= 15 is 0 Å². The summed E-state index contributed by atoms with van der Waals surface area (Å²) in [6.45, 7) is 5.25. The number of piperazine rings is 1. The van der Waals surface area contributed by atoms with E-state index in [0.29, 0.717) is 24.7 Å². The van der Waals surface area contributed by atoms with Gasteiger partial charge < -0.3 is 19.7 Å². The summed E-state index contributed by atoms with van der Waals surface area (Å²) in [6, 6.07) is 7.66. The largest absolute Gasteiger partial charge is 0.376 e. The van der Waals surface area contributed by atoms with Crippen LogP contribution in [0.2, 0.25) is 5.02 Å². The highest BCUT2D eigenvalue weighted by Crippen LogP contribution is 2.29. The van der Waals surface area contributed by atoms with Gasteiger partial charge in [0.15, 0.2) is 0 Å². The summed E-state index contributed by atoms with van der Waals surface area (Å²) in [5.74, 6) is 0.0160. The Balaban J connectivity index is 0.00000243. The van der Waals surface area contributed by atoms with Gasteiger partial charge in [0.2, 0.25) is 0 Å². The van der Waals surface area contributed by atoms with Gasteiger partial charge in [-0.15, -0.1) is 12.4 Å². The Morgan fingerprint density at radius 1 is 1.42 bits per heavy atom. The van der Waals surface area contributed by atoms with E-state index in [-0.39, 0.29) is 30.5 Å². The summed E-state index contributed by atoms with van der Waals surface area (Å²) >= 11 is 6.36. The Hall–Kier alpha value is -0.850. The zero-order chi connectivity index (χ0) is 17.6. The number of nitrogens with one attached hydrogen (secondary N) is 1. The van der Waals surface area contributed by atoms with Crippen LogP contribution < -0.4 is 5.32 Å². The van der Waals surface area contributed by atoms with E-state index < -0.39 is 6.10 Å². The Labute approximate surface area is 166 Å². The summed E-state index contributed by atoms with van der Waals surface area (Å²) < 4.78 is 11.5. The fourth-order valence-electron chi connectivity index (χ4n) is 3.49. The molecule has 3 rings (SSSR count). The first kappa shape index (κ1) is 21.5. The number of benzene rings is 1. The minimum atomic E-state index is -0.478. The number of nitrogens with zero attached hydrogens (tertiary/aromatic N) is 1. The summed E-state index contributed by atoms with van der Waals surface area (Å²) in [5, 5.41) is 4.05. The molecule has 5 nitrogen and oxygen atoms in total. The molecule has 2 fully saturated rings. The topological polar surface area (TPSA) is 50.8 Å². The molecule has 0 bridgehead atoms. The van der Waals surface area contributed by atoms with Crippen molar-refractivity contribution in [3.63, 3.8) is 0 Å². The Morgan fingerprint density at radius 2 is 2.23 bits per heavy atom. The lowest BCUT2D eigenvalue weighted by Crippen LogP contribution is -2.52. The number of rotatable bonds is 5. The molecule has 2 saturated heterocycles. The molecule has 3 atom stereocenters. The third-order valence-corrected chi connectivity index (χ3v) is 5.29. The second-order valence-corrected chi connectivity index (χ2v) is 7.14. The van der Waals surface area contributed by atoms with Crippen molar-refractivity contribution < 1.29 is 14.3 Å². The third-order valence-electron chi connectivity index (χ3n) is 4.94. The maximum absolute atomic E-state index is 13.0. The molecule has 1 N–H and O–H groups in total. The van der Waals surface area contributed by atoms with Crippen LogP contribution >= 0.6 is 24.0 Å².